The molecule has 0 N–H and O–H groups in total. The largest absolute Gasteiger partial charge is 0.455 e. The molecule has 4 aliphatic heterocycles. The number of rotatable bonds is 36. The van der Waals surface area contributed by atoms with Gasteiger partial charge in [-0.2, -0.15) is 0 Å². The highest BCUT2D eigenvalue weighted by Crippen LogP contribution is 2.42. The Balaban J connectivity index is 1.12. The molecule has 3 saturated heterocycles. The van der Waals surface area contributed by atoms with Crippen LogP contribution >= 0.6 is 0 Å². The number of unbranched alkanes of at least 4 members (excludes halogenated alkanes) is 1. The maximum absolute atomic E-state index is 15.6. The van der Waals surface area contributed by atoms with Gasteiger partial charge in [0.05, 0.1) is 93.4 Å². The number of hydrogen-bond acceptors (Lipinski definition) is 22. The van der Waals surface area contributed by atoms with Gasteiger partial charge in [-0.05, 0) is 113 Å². The Hall–Kier alpha value is -9.47. The Kier molecular flexibility index (Phi) is 29.4. The molecule has 23 heteroatoms. The van der Waals surface area contributed by atoms with E-state index >= 15 is 19.2 Å². The molecule has 11 rings (SSSR count). The Morgan fingerprint density at radius 2 is 0.811 bits per heavy atom. The fraction of sp³-hybridized carbons (Fsp3) is 0.420. The minimum absolute atomic E-state index is 0.0231. The van der Waals surface area contributed by atoms with Gasteiger partial charge in [0.25, 0.3) is 11.8 Å². The van der Waals surface area contributed by atoms with Gasteiger partial charge in [0.1, 0.15) is 54.6 Å². The standard InChI is InChI=1S/C88H99NO22/c1-9-10-31-48-100-83-77(110-85(95)87(3,4)5)75(102-53-62-40-25-15-26-41-62)73(68(104-83)56-99-51-60-36-21-13-22-37-60)108-84-78(111-86(96)88(6,7)8)76(71(101-52-61-38-23-14-24-39-61)66(105-84)54-97-49-58-32-17-11-18-33-58)109-82-70(89-79(92)64-44-29-30-45-65(64)80(89)93)74(107-81(94)63-42-27-16-28-43-63)72(106-69(91)47-46-57(2)90)67(103-82)55-98-50-59-34-19-12-20-35-59/h9,11-30,32-45,66-68,70-78,82-84H,1,10,31,46-56H2,2-8H3/t66-,67-,68-,70-,71+,72-,73-,74-,75+,76+,77-,78-,82+,83-,84+/m1/s1. The molecule has 111 heavy (non-hydrogen) atoms. The molecule has 15 atom stereocenters. The summed E-state index contributed by atoms with van der Waals surface area (Å²) in [6, 6.07) is 58.6. The third-order valence-corrected chi connectivity index (χ3v) is 19.0. The SMILES string of the molecule is C=CCCCO[C@@H]1O[C@H](COCc2ccccc2)[C@@H](O[C@@H]2O[C@H](COCc3ccccc3)[C@H](OCc3ccccc3)[C@H](O[C@@H]3O[C@H](COCc4ccccc4)[C@@H](OC(=O)CCC(C)=O)[C@H](OC(=O)c4ccccc4)[C@H]3N3C(=O)c4ccccc4C3=O)[C@H]2OC(=O)C(C)(C)C)[C@H](OCc2ccccc2)[C@H]1OC(=O)C(C)(C)C. The van der Waals surface area contributed by atoms with E-state index in [9.17, 15) is 14.4 Å². The number of hydrogen-bond donors (Lipinski definition) is 0. The molecule has 4 aliphatic rings. The van der Waals surface area contributed by atoms with Gasteiger partial charge < -0.3 is 75.8 Å². The number of Topliss-reactive ketones (excluding diaryl/α,β-unsaturated/α-hetero) is 1. The number of fused-ring (bicyclic) bond motifs is 1. The average molecular weight is 1520 g/mol. The van der Waals surface area contributed by atoms with Crippen molar-refractivity contribution in [3.8, 4) is 0 Å². The van der Waals surface area contributed by atoms with Crippen LogP contribution in [0.5, 0.6) is 0 Å². The van der Waals surface area contributed by atoms with Crippen molar-refractivity contribution in [2.24, 2.45) is 10.8 Å². The lowest BCUT2D eigenvalue weighted by atomic mass is 9.92. The van der Waals surface area contributed by atoms with Gasteiger partial charge in [0.15, 0.2) is 43.3 Å². The fourth-order valence-electron chi connectivity index (χ4n) is 13.1. The molecule has 0 radical (unpaired) electrons. The van der Waals surface area contributed by atoms with Crippen molar-refractivity contribution in [3.63, 3.8) is 0 Å². The first kappa shape index (κ1) is 82.5. The zero-order chi connectivity index (χ0) is 78.4. The number of ketones is 1. The number of carbonyl (C=O) groups is 7. The molecule has 7 aromatic rings. The molecule has 3 fully saturated rings. The van der Waals surface area contributed by atoms with Crippen molar-refractivity contribution in [1.82, 2.24) is 4.90 Å². The van der Waals surface area contributed by atoms with Crippen molar-refractivity contribution in [3.05, 3.63) is 263 Å². The monoisotopic (exact) mass is 1520 g/mol. The van der Waals surface area contributed by atoms with Crippen LogP contribution in [0.1, 0.15) is 133 Å². The van der Waals surface area contributed by atoms with Crippen molar-refractivity contribution < 1.29 is 105 Å². The van der Waals surface area contributed by atoms with E-state index in [1.807, 2.05) is 152 Å². The second kappa shape index (κ2) is 39.6. The van der Waals surface area contributed by atoms with Gasteiger partial charge >= 0.3 is 23.9 Å². The van der Waals surface area contributed by atoms with E-state index < -0.39 is 152 Å². The Labute approximate surface area is 647 Å². The smallest absolute Gasteiger partial charge is 0.338 e. The van der Waals surface area contributed by atoms with Crippen molar-refractivity contribution in [2.75, 3.05) is 26.4 Å². The predicted octanol–water partition coefficient (Wildman–Crippen LogP) is 12.8. The molecule has 0 unspecified atom stereocenters. The van der Waals surface area contributed by atoms with Crippen LogP contribution < -0.4 is 0 Å². The normalized spacial score (nSPS) is 24.6. The molecule has 0 aliphatic carbocycles. The number of benzene rings is 7. The highest BCUT2D eigenvalue weighted by atomic mass is 16.8. The van der Waals surface area contributed by atoms with E-state index in [1.54, 1.807) is 78.0 Å². The first-order valence-corrected chi connectivity index (χ1v) is 37.6. The third kappa shape index (κ3) is 22.4. The topological polar surface area (TPSA) is 261 Å². The van der Waals surface area contributed by atoms with E-state index in [2.05, 4.69) is 6.58 Å². The molecule has 4 heterocycles. The second-order valence-corrected chi connectivity index (χ2v) is 29.8. The average Bonchev–Trinajstić information content (AvgIpc) is 1.72. The molecule has 0 spiro atoms. The molecular weight excluding hydrogens is 1420 g/mol. The maximum atomic E-state index is 15.6. The van der Waals surface area contributed by atoms with Gasteiger partial charge in [0.2, 0.25) is 0 Å². The van der Waals surface area contributed by atoms with Crippen LogP contribution in [0.2, 0.25) is 0 Å². The second-order valence-electron chi connectivity index (χ2n) is 29.8. The summed E-state index contributed by atoms with van der Waals surface area (Å²) in [5.41, 5.74) is 1.29. The number of esters is 4. The van der Waals surface area contributed by atoms with Crippen LogP contribution in [0.4, 0.5) is 0 Å². The maximum Gasteiger partial charge on any atom is 0.338 e. The number of allylic oxidation sites excluding steroid dienone is 1. The summed E-state index contributed by atoms with van der Waals surface area (Å²) in [5.74, 6) is -5.45. The molecular formula is C88H99NO22. The molecule has 0 aromatic heterocycles. The number of ether oxygens (including phenoxy) is 15. The van der Waals surface area contributed by atoms with Crippen LogP contribution in [0, 0.1) is 10.8 Å². The van der Waals surface area contributed by atoms with E-state index in [0.29, 0.717) is 18.4 Å². The van der Waals surface area contributed by atoms with Crippen molar-refractivity contribution >= 4 is 41.5 Å². The Bertz CT molecular complexity index is 4120. The van der Waals surface area contributed by atoms with Crippen LogP contribution in [0.25, 0.3) is 0 Å². The minimum atomic E-state index is -2.04. The van der Waals surface area contributed by atoms with Gasteiger partial charge in [-0.15, -0.1) is 6.58 Å². The summed E-state index contributed by atoms with van der Waals surface area (Å²) in [6.07, 6.45) is -20.1. The highest BCUT2D eigenvalue weighted by Gasteiger charge is 2.62. The molecule has 2 amide bonds. The summed E-state index contributed by atoms with van der Waals surface area (Å²) in [7, 11) is 0. The fourth-order valence-corrected chi connectivity index (χ4v) is 13.1. The van der Waals surface area contributed by atoms with Gasteiger partial charge in [-0.3, -0.25) is 28.9 Å². The van der Waals surface area contributed by atoms with Crippen LogP contribution in [-0.4, -0.2) is 165 Å². The lowest BCUT2D eigenvalue weighted by Crippen LogP contribution is -2.71. The first-order chi connectivity index (χ1) is 53.6. The van der Waals surface area contributed by atoms with Crippen LogP contribution in [0.3, 0.4) is 0 Å². The van der Waals surface area contributed by atoms with E-state index in [4.69, 9.17) is 71.1 Å². The van der Waals surface area contributed by atoms with Crippen LogP contribution in [0.15, 0.2) is 219 Å². The summed E-state index contributed by atoms with van der Waals surface area (Å²) < 4.78 is 104. The summed E-state index contributed by atoms with van der Waals surface area (Å²) >= 11 is 0. The molecule has 7 aromatic carbocycles. The summed E-state index contributed by atoms with van der Waals surface area (Å²) in [6.45, 7) is 14.3. The zero-order valence-electron chi connectivity index (χ0n) is 63.7. The number of amides is 2. The molecule has 588 valence electrons. The Morgan fingerprint density at radius 1 is 0.414 bits per heavy atom. The van der Waals surface area contributed by atoms with Gasteiger partial charge in [-0.1, -0.05) is 188 Å². The third-order valence-electron chi connectivity index (χ3n) is 19.0. The van der Waals surface area contributed by atoms with Gasteiger partial charge in [0, 0.05) is 6.42 Å². The molecule has 0 saturated carbocycles. The highest BCUT2D eigenvalue weighted by molar-refractivity contribution is 6.21. The number of carbonyl (C=O) groups excluding carboxylic acids is 7. The lowest BCUT2D eigenvalue weighted by molar-refractivity contribution is -0.384. The van der Waals surface area contributed by atoms with Crippen molar-refractivity contribution in [2.45, 2.75) is 199 Å². The van der Waals surface area contributed by atoms with Gasteiger partial charge in [-0.25, -0.2) is 4.79 Å². The van der Waals surface area contributed by atoms with Crippen LogP contribution in [-0.2, 0) is 123 Å². The van der Waals surface area contributed by atoms with E-state index in [-0.39, 0.29) is 81.7 Å². The van der Waals surface area contributed by atoms with Crippen molar-refractivity contribution in [1.29, 1.82) is 0 Å². The number of nitrogens with zero attached hydrogens (tertiary/aromatic N) is 1. The van der Waals surface area contributed by atoms with E-state index in [1.165, 1.54) is 31.2 Å². The zero-order valence-corrected chi connectivity index (χ0v) is 63.7. The number of imide groups is 1. The molecule has 0 bridgehead atoms. The lowest BCUT2D eigenvalue weighted by Gasteiger charge is -2.52. The predicted molar refractivity (Wildman–Crippen MR) is 404 cm³/mol. The molecule has 23 nitrogen and oxygen atoms in total. The first-order valence-electron chi connectivity index (χ1n) is 37.6. The summed E-state index contributed by atoms with van der Waals surface area (Å²) in [4.78, 5) is 105. The quantitative estimate of drug-likeness (QED) is 0.0116. The summed E-state index contributed by atoms with van der Waals surface area (Å²) in [5, 5.41) is 0. The Morgan fingerprint density at radius 3 is 1.27 bits per heavy atom. The van der Waals surface area contributed by atoms with E-state index in [0.717, 1.165) is 27.2 Å². The minimum Gasteiger partial charge on any atom is -0.455 e.